The number of hydrogen-bond donors (Lipinski definition) is 2. The van der Waals surface area contributed by atoms with Crippen LogP contribution in [0.5, 0.6) is 5.75 Å². The molecule has 0 bridgehead atoms. The van der Waals surface area contributed by atoms with Crippen LogP contribution in [0, 0.1) is 0 Å². The van der Waals surface area contributed by atoms with Crippen LogP contribution in [0.25, 0.3) is 0 Å². The highest BCUT2D eigenvalue weighted by molar-refractivity contribution is 5.39. The molecule has 1 aromatic rings. The molecule has 4 nitrogen and oxygen atoms in total. The summed E-state index contributed by atoms with van der Waals surface area (Å²) in [5.41, 5.74) is 8.20. The van der Waals surface area contributed by atoms with Crippen LogP contribution in [-0.2, 0) is 6.54 Å². The Kier molecular flexibility index (Phi) is 6.28. The standard InChI is InChI=1S/C15H26N2O2/c1-11(2)14-7-12(5-6-15(14)19-4)8-17(3)9-13(16)10-18/h5-7,11,13,18H,8-10,16H2,1-4H3. The van der Waals surface area contributed by atoms with Crippen molar-refractivity contribution in [1.29, 1.82) is 0 Å². The maximum atomic E-state index is 8.97. The monoisotopic (exact) mass is 266 g/mol. The first-order valence-corrected chi connectivity index (χ1v) is 6.69. The van der Waals surface area contributed by atoms with E-state index < -0.39 is 0 Å². The Bertz CT molecular complexity index is 394. The van der Waals surface area contributed by atoms with Gasteiger partial charge >= 0.3 is 0 Å². The molecule has 0 aromatic heterocycles. The second-order valence-electron chi connectivity index (χ2n) is 5.37. The van der Waals surface area contributed by atoms with Gasteiger partial charge in [-0.1, -0.05) is 26.0 Å². The Morgan fingerprint density at radius 1 is 1.37 bits per heavy atom. The van der Waals surface area contributed by atoms with Gasteiger partial charge < -0.3 is 20.5 Å². The van der Waals surface area contributed by atoms with E-state index in [9.17, 15) is 0 Å². The van der Waals surface area contributed by atoms with E-state index in [1.165, 1.54) is 11.1 Å². The molecule has 0 aliphatic rings. The molecule has 0 aliphatic heterocycles. The van der Waals surface area contributed by atoms with E-state index in [1.807, 2.05) is 13.1 Å². The van der Waals surface area contributed by atoms with Crippen molar-refractivity contribution in [3.05, 3.63) is 29.3 Å². The Morgan fingerprint density at radius 3 is 2.58 bits per heavy atom. The highest BCUT2D eigenvalue weighted by atomic mass is 16.5. The first kappa shape index (κ1) is 16.0. The average Bonchev–Trinajstić information content (AvgIpc) is 2.38. The van der Waals surface area contributed by atoms with E-state index in [0.717, 1.165) is 12.3 Å². The van der Waals surface area contributed by atoms with Crippen LogP contribution in [-0.4, -0.2) is 43.4 Å². The van der Waals surface area contributed by atoms with E-state index in [0.29, 0.717) is 12.5 Å². The fraction of sp³-hybridized carbons (Fsp3) is 0.600. The summed E-state index contributed by atoms with van der Waals surface area (Å²) in [5, 5.41) is 8.97. The average molecular weight is 266 g/mol. The largest absolute Gasteiger partial charge is 0.496 e. The van der Waals surface area contributed by atoms with Gasteiger partial charge in [0.15, 0.2) is 0 Å². The van der Waals surface area contributed by atoms with Crippen molar-refractivity contribution in [2.24, 2.45) is 5.73 Å². The van der Waals surface area contributed by atoms with Gasteiger partial charge in [-0.15, -0.1) is 0 Å². The lowest BCUT2D eigenvalue weighted by atomic mass is 9.99. The highest BCUT2D eigenvalue weighted by Crippen LogP contribution is 2.27. The van der Waals surface area contributed by atoms with Gasteiger partial charge in [-0.2, -0.15) is 0 Å². The predicted molar refractivity (Wildman–Crippen MR) is 78.5 cm³/mol. The van der Waals surface area contributed by atoms with Gasteiger partial charge in [0.25, 0.3) is 0 Å². The SMILES string of the molecule is COc1ccc(CN(C)CC(N)CO)cc1C(C)C. The van der Waals surface area contributed by atoms with Gasteiger partial charge in [-0.3, -0.25) is 0 Å². The molecule has 1 unspecified atom stereocenters. The molecule has 19 heavy (non-hydrogen) atoms. The molecular formula is C15H26N2O2. The summed E-state index contributed by atoms with van der Waals surface area (Å²) in [6.07, 6.45) is 0. The smallest absolute Gasteiger partial charge is 0.122 e. The van der Waals surface area contributed by atoms with E-state index in [4.69, 9.17) is 15.6 Å². The van der Waals surface area contributed by atoms with Gasteiger partial charge in [-0.05, 0) is 30.2 Å². The first-order valence-electron chi connectivity index (χ1n) is 6.69. The summed E-state index contributed by atoms with van der Waals surface area (Å²) in [7, 11) is 3.71. The van der Waals surface area contributed by atoms with Gasteiger partial charge in [0, 0.05) is 19.1 Å². The molecule has 1 rings (SSSR count). The summed E-state index contributed by atoms with van der Waals surface area (Å²) < 4.78 is 5.38. The zero-order valence-corrected chi connectivity index (χ0v) is 12.4. The molecule has 1 aromatic carbocycles. The third-order valence-corrected chi connectivity index (χ3v) is 3.15. The minimum atomic E-state index is -0.187. The molecule has 0 spiro atoms. The number of methoxy groups -OCH3 is 1. The van der Waals surface area contributed by atoms with Crippen LogP contribution in [0.3, 0.4) is 0 Å². The van der Waals surface area contributed by atoms with E-state index in [2.05, 4.69) is 30.9 Å². The number of ether oxygens (including phenoxy) is 1. The van der Waals surface area contributed by atoms with Gasteiger partial charge in [0.05, 0.1) is 13.7 Å². The van der Waals surface area contributed by atoms with Crippen LogP contribution >= 0.6 is 0 Å². The number of nitrogens with zero attached hydrogens (tertiary/aromatic N) is 1. The van der Waals surface area contributed by atoms with Crippen molar-refractivity contribution < 1.29 is 9.84 Å². The number of hydrogen-bond acceptors (Lipinski definition) is 4. The second-order valence-corrected chi connectivity index (χ2v) is 5.37. The molecular weight excluding hydrogens is 240 g/mol. The fourth-order valence-electron chi connectivity index (χ4n) is 2.17. The number of benzene rings is 1. The molecule has 108 valence electrons. The van der Waals surface area contributed by atoms with Crippen LogP contribution in [0.1, 0.15) is 30.9 Å². The first-order chi connectivity index (χ1) is 8.97. The number of likely N-dealkylation sites (N-methyl/N-ethyl adjacent to an activating group) is 1. The normalized spacial score (nSPS) is 13.1. The predicted octanol–water partition coefficient (Wildman–Crippen LogP) is 1.57. The quantitative estimate of drug-likeness (QED) is 0.786. The lowest BCUT2D eigenvalue weighted by Crippen LogP contribution is -2.37. The van der Waals surface area contributed by atoms with Crippen molar-refractivity contribution in [1.82, 2.24) is 4.90 Å². The molecule has 0 amide bonds. The zero-order chi connectivity index (χ0) is 14.4. The summed E-state index contributed by atoms with van der Waals surface area (Å²) in [5.74, 6) is 1.37. The molecule has 0 saturated heterocycles. The maximum absolute atomic E-state index is 8.97. The Morgan fingerprint density at radius 2 is 2.05 bits per heavy atom. The number of nitrogens with two attached hydrogens (primary N) is 1. The fourth-order valence-corrected chi connectivity index (χ4v) is 2.17. The molecule has 1 atom stereocenters. The molecule has 0 aliphatic carbocycles. The molecule has 4 heteroatoms. The van der Waals surface area contributed by atoms with Gasteiger partial charge in [0.1, 0.15) is 5.75 Å². The Balaban J connectivity index is 2.76. The lowest BCUT2D eigenvalue weighted by Gasteiger charge is -2.21. The molecule has 0 radical (unpaired) electrons. The van der Waals surface area contributed by atoms with Crippen molar-refractivity contribution in [2.45, 2.75) is 32.4 Å². The molecule has 0 saturated carbocycles. The van der Waals surface area contributed by atoms with Crippen molar-refractivity contribution in [2.75, 3.05) is 27.3 Å². The lowest BCUT2D eigenvalue weighted by molar-refractivity contribution is 0.218. The molecule has 0 heterocycles. The Hall–Kier alpha value is -1.10. The minimum absolute atomic E-state index is 0.0181. The second kappa shape index (κ2) is 7.48. The number of rotatable bonds is 7. The van der Waals surface area contributed by atoms with Gasteiger partial charge in [-0.25, -0.2) is 0 Å². The zero-order valence-electron chi connectivity index (χ0n) is 12.4. The van der Waals surface area contributed by atoms with Crippen LogP contribution in [0.15, 0.2) is 18.2 Å². The summed E-state index contributed by atoms with van der Waals surface area (Å²) in [4.78, 5) is 2.12. The maximum Gasteiger partial charge on any atom is 0.122 e. The van der Waals surface area contributed by atoms with E-state index in [-0.39, 0.29) is 12.6 Å². The summed E-state index contributed by atoms with van der Waals surface area (Å²) in [6, 6.07) is 6.09. The van der Waals surface area contributed by atoms with Crippen LogP contribution < -0.4 is 10.5 Å². The van der Waals surface area contributed by atoms with Gasteiger partial charge in [0.2, 0.25) is 0 Å². The van der Waals surface area contributed by atoms with E-state index >= 15 is 0 Å². The van der Waals surface area contributed by atoms with Crippen LogP contribution in [0.2, 0.25) is 0 Å². The number of aliphatic hydroxyl groups excluding tert-OH is 1. The Labute approximate surface area is 116 Å². The number of aliphatic hydroxyl groups is 1. The third kappa shape index (κ3) is 4.82. The van der Waals surface area contributed by atoms with Crippen LogP contribution in [0.4, 0.5) is 0 Å². The minimum Gasteiger partial charge on any atom is -0.496 e. The molecule has 0 fully saturated rings. The van der Waals surface area contributed by atoms with E-state index in [1.54, 1.807) is 7.11 Å². The summed E-state index contributed by atoms with van der Waals surface area (Å²) >= 11 is 0. The molecule has 3 N–H and O–H groups in total. The topological polar surface area (TPSA) is 58.7 Å². The third-order valence-electron chi connectivity index (χ3n) is 3.15. The van der Waals surface area contributed by atoms with Crippen molar-refractivity contribution >= 4 is 0 Å². The summed E-state index contributed by atoms with van der Waals surface area (Å²) in [6.45, 7) is 5.83. The van der Waals surface area contributed by atoms with Crippen molar-refractivity contribution in [3.63, 3.8) is 0 Å². The highest BCUT2D eigenvalue weighted by Gasteiger charge is 2.10. The van der Waals surface area contributed by atoms with Crippen molar-refractivity contribution in [3.8, 4) is 5.75 Å².